The van der Waals surface area contributed by atoms with Crippen LogP contribution in [0.3, 0.4) is 0 Å². The number of hydrogen-bond acceptors (Lipinski definition) is 12. The lowest BCUT2D eigenvalue weighted by molar-refractivity contribution is -0.142. The van der Waals surface area contributed by atoms with Gasteiger partial charge in [0.1, 0.15) is 46.8 Å². The Morgan fingerprint density at radius 3 is 2.47 bits per heavy atom. The molecule has 0 radical (unpaired) electrons. The van der Waals surface area contributed by atoms with E-state index >= 15 is 0 Å². The fourth-order valence-electron chi connectivity index (χ4n) is 8.06. The molecule has 3 amide bonds. The highest BCUT2D eigenvalue weighted by Gasteiger charge is 2.65. The molecule has 3 aliphatic rings. The minimum Gasteiger partial charge on any atom is -0.497 e. The molecule has 3 fully saturated rings. The number of carbonyl (C=O) groups is 3. The van der Waals surface area contributed by atoms with Crippen molar-refractivity contribution in [2.24, 2.45) is 11.3 Å². The SMILES string of the molecule is C=C[C@@H]1C[C@]1(NC(=O)[C@@H]1CC(Oc2cc(-c3csc(NC(C)C)n3)nc3cc(OC)ccc23)CN1C(=O)[C@@H](NC(=O)OC1CCCC1)C(C)(C)C)P(=O)(O)CCNCC(F)(F)F. The summed E-state index contributed by atoms with van der Waals surface area (Å²) in [7, 11) is -2.83. The molecule has 2 saturated carbocycles. The molecule has 62 heavy (non-hydrogen) atoms. The highest BCUT2D eigenvalue weighted by Crippen LogP contribution is 2.69. The van der Waals surface area contributed by atoms with E-state index in [1.807, 2.05) is 19.2 Å². The third kappa shape index (κ3) is 11.0. The Kier molecular flexibility index (Phi) is 14.2. The topological polar surface area (TPSA) is 193 Å². The molecule has 0 bridgehead atoms. The quantitative estimate of drug-likeness (QED) is 0.0527. The van der Waals surface area contributed by atoms with Crippen LogP contribution >= 0.6 is 18.7 Å². The second-order valence-corrected chi connectivity index (χ2v) is 21.1. The molecular formula is C42H57F3N7O8PS. The number of alkyl halides is 3. The van der Waals surface area contributed by atoms with Gasteiger partial charge >= 0.3 is 12.3 Å². The first-order valence-electron chi connectivity index (χ1n) is 20.8. The number of aromatic nitrogens is 2. The molecule has 2 aliphatic carbocycles. The summed E-state index contributed by atoms with van der Waals surface area (Å²) >= 11 is 1.42. The molecule has 3 aromatic rings. The fraction of sp³-hybridized carbons (Fsp3) is 0.595. The van der Waals surface area contributed by atoms with Gasteiger partial charge in [0.2, 0.25) is 19.2 Å². The van der Waals surface area contributed by atoms with Crippen LogP contribution in [0.4, 0.5) is 23.1 Å². The molecular weight excluding hydrogens is 851 g/mol. The molecule has 0 spiro atoms. The summed E-state index contributed by atoms with van der Waals surface area (Å²) in [5.74, 6) is -1.07. The number of amides is 3. The number of rotatable bonds is 17. The van der Waals surface area contributed by atoms with E-state index in [2.05, 4.69) is 27.8 Å². The maximum absolute atomic E-state index is 14.8. The number of alkyl carbamates (subject to hydrolysis) is 1. The lowest BCUT2D eigenvalue weighted by atomic mass is 9.85. The van der Waals surface area contributed by atoms with Gasteiger partial charge in [-0.25, -0.2) is 14.8 Å². The Labute approximate surface area is 363 Å². The van der Waals surface area contributed by atoms with Crippen molar-refractivity contribution in [3.63, 3.8) is 0 Å². The first-order valence-corrected chi connectivity index (χ1v) is 23.5. The van der Waals surface area contributed by atoms with Gasteiger partial charge < -0.3 is 45.3 Å². The number of thiazole rings is 1. The lowest BCUT2D eigenvalue weighted by Crippen LogP contribution is -2.58. The zero-order chi connectivity index (χ0) is 45.2. The van der Waals surface area contributed by atoms with Crippen molar-refractivity contribution in [2.45, 2.75) is 115 Å². The number of benzene rings is 1. The molecule has 1 aromatic carbocycles. The number of nitrogens with one attached hydrogen (secondary N) is 4. The van der Waals surface area contributed by atoms with Gasteiger partial charge in [-0.3, -0.25) is 14.2 Å². The monoisotopic (exact) mass is 907 g/mol. The third-order valence-electron chi connectivity index (χ3n) is 11.4. The average Bonchev–Trinajstić information content (AvgIpc) is 3.59. The molecule has 1 saturated heterocycles. The van der Waals surface area contributed by atoms with E-state index in [-0.39, 0.29) is 31.5 Å². The van der Waals surface area contributed by atoms with Crippen molar-refractivity contribution in [2.75, 3.05) is 38.2 Å². The van der Waals surface area contributed by atoms with Crippen molar-refractivity contribution < 1.29 is 51.2 Å². The summed E-state index contributed by atoms with van der Waals surface area (Å²) in [6.07, 6.45) is -2.26. The molecule has 15 nitrogen and oxygen atoms in total. The van der Waals surface area contributed by atoms with Gasteiger partial charge in [0.15, 0.2) is 5.13 Å². The fourth-order valence-corrected chi connectivity index (χ4v) is 11.2. The molecule has 3 heterocycles. The van der Waals surface area contributed by atoms with Crippen LogP contribution < -0.4 is 30.7 Å². The average molecular weight is 908 g/mol. The Morgan fingerprint density at radius 2 is 1.84 bits per heavy atom. The Balaban J connectivity index is 1.32. The summed E-state index contributed by atoms with van der Waals surface area (Å²) in [4.78, 5) is 64.8. The van der Waals surface area contributed by atoms with E-state index in [1.54, 1.807) is 52.1 Å². The maximum Gasteiger partial charge on any atom is 0.408 e. The predicted molar refractivity (Wildman–Crippen MR) is 231 cm³/mol. The van der Waals surface area contributed by atoms with Crippen molar-refractivity contribution in [1.29, 1.82) is 0 Å². The molecule has 1 aliphatic heterocycles. The van der Waals surface area contributed by atoms with Crippen LogP contribution in [-0.4, -0.2) is 112 Å². The van der Waals surface area contributed by atoms with Crippen molar-refractivity contribution in [3.05, 3.63) is 42.3 Å². The number of anilines is 1. The standard InChI is InChI=1S/C42H57F3N7O8PS/c1-8-25-20-41(25,61(56,57)16-15-46-23-42(43,44)45)51-36(53)33-18-28(21-52(33)37(54)35(40(4,5)6)50-39(55)60-26-11-9-10-12-26)59-34-19-31(32-22-62-38(49-32)47-24(2)3)48-30-17-27(58-7)13-14-29(30)34/h8,13-14,17,19,22,24-26,28,33,35,46H,1,9-12,15-16,18,20-21,23H2,2-7H3,(H,47,49)(H,50,55)(H,51,53)(H,56,57)/t25-,28?,33+,35-,41+/m1/s1. The summed E-state index contributed by atoms with van der Waals surface area (Å²) in [5, 5.41) is 12.4. The Bertz CT molecular complexity index is 2180. The number of likely N-dealkylation sites (tertiary alicyclic amines) is 1. The van der Waals surface area contributed by atoms with Crippen molar-refractivity contribution in [1.82, 2.24) is 30.8 Å². The van der Waals surface area contributed by atoms with E-state index in [0.717, 1.165) is 12.8 Å². The predicted octanol–water partition coefficient (Wildman–Crippen LogP) is 7.06. The van der Waals surface area contributed by atoms with Crippen molar-refractivity contribution >= 4 is 52.6 Å². The van der Waals surface area contributed by atoms with Gasteiger partial charge in [0, 0.05) is 54.0 Å². The first kappa shape index (κ1) is 47.0. The van der Waals surface area contributed by atoms with Crippen LogP contribution in [0.5, 0.6) is 11.5 Å². The van der Waals surface area contributed by atoms with Crippen molar-refractivity contribution in [3.8, 4) is 22.9 Å². The highest BCUT2D eigenvalue weighted by atomic mass is 32.1. The third-order valence-corrected chi connectivity index (χ3v) is 14.9. The van der Waals surface area contributed by atoms with E-state index in [0.29, 0.717) is 51.8 Å². The van der Waals surface area contributed by atoms with Gasteiger partial charge in [0.05, 0.1) is 31.4 Å². The summed E-state index contributed by atoms with van der Waals surface area (Å²) in [6, 6.07) is 4.77. The highest BCUT2D eigenvalue weighted by molar-refractivity contribution is 7.60. The molecule has 20 heteroatoms. The van der Waals surface area contributed by atoms with Gasteiger partial charge in [-0.15, -0.1) is 17.9 Å². The summed E-state index contributed by atoms with van der Waals surface area (Å²) in [6.45, 7) is 11.2. The molecule has 2 aromatic heterocycles. The smallest absolute Gasteiger partial charge is 0.408 e. The van der Waals surface area contributed by atoms with Gasteiger partial charge in [-0.05, 0) is 63.5 Å². The van der Waals surface area contributed by atoms with Gasteiger partial charge in [-0.1, -0.05) is 26.8 Å². The Morgan fingerprint density at radius 1 is 1.11 bits per heavy atom. The van der Waals surface area contributed by atoms with Crippen LogP contribution in [0.15, 0.2) is 42.3 Å². The van der Waals surface area contributed by atoms with Crippen LogP contribution in [0.2, 0.25) is 0 Å². The van der Waals surface area contributed by atoms with Crippen LogP contribution in [-0.2, 0) is 18.9 Å². The minimum absolute atomic E-state index is 0.0231. The first-order chi connectivity index (χ1) is 29.1. The van der Waals surface area contributed by atoms with Gasteiger partial charge in [0.25, 0.3) is 0 Å². The molecule has 6 atom stereocenters. The molecule has 340 valence electrons. The second kappa shape index (κ2) is 18.7. The molecule has 2 unspecified atom stereocenters. The zero-order valence-corrected chi connectivity index (χ0v) is 37.6. The number of halogens is 3. The summed E-state index contributed by atoms with van der Waals surface area (Å²) < 4.78 is 70.3. The lowest BCUT2D eigenvalue weighted by Gasteiger charge is -2.36. The van der Waals surface area contributed by atoms with E-state index in [1.165, 1.54) is 22.3 Å². The van der Waals surface area contributed by atoms with E-state index in [4.69, 9.17) is 24.2 Å². The number of nitrogens with zero attached hydrogens (tertiary/aromatic N) is 3. The second-order valence-electron chi connectivity index (χ2n) is 17.6. The van der Waals surface area contributed by atoms with Crippen LogP contribution in [0, 0.1) is 11.3 Å². The van der Waals surface area contributed by atoms with Crippen LogP contribution in [0.25, 0.3) is 22.3 Å². The van der Waals surface area contributed by atoms with Crippen LogP contribution in [0.1, 0.15) is 73.1 Å². The number of methoxy groups -OCH3 is 1. The number of fused-ring (bicyclic) bond motifs is 1. The zero-order valence-electron chi connectivity index (χ0n) is 35.8. The molecule has 5 N–H and O–H groups in total. The number of ether oxygens (including phenoxy) is 3. The normalized spacial score (nSPS) is 23.1. The summed E-state index contributed by atoms with van der Waals surface area (Å²) in [5.41, 5.74) is 0.760. The number of carbonyl (C=O) groups excluding carboxylic acids is 3. The van der Waals surface area contributed by atoms with E-state index < -0.39 is 85.5 Å². The maximum atomic E-state index is 14.8. The number of pyridine rings is 1. The number of hydrogen-bond donors (Lipinski definition) is 5. The van der Waals surface area contributed by atoms with Gasteiger partial charge in [-0.2, -0.15) is 13.2 Å². The van der Waals surface area contributed by atoms with E-state index in [9.17, 15) is 37.0 Å². The Hall–Kier alpha value is -4.45. The minimum atomic E-state index is -4.52. The largest absolute Gasteiger partial charge is 0.497 e. The molecule has 6 rings (SSSR count).